The number of carbonyl (C=O) groups excluding carboxylic acids is 1. The third-order valence-electron chi connectivity index (χ3n) is 3.03. The first kappa shape index (κ1) is 15.0. The fourth-order valence-corrected chi connectivity index (χ4v) is 1.88. The molecule has 1 heterocycles. The predicted molar refractivity (Wildman–Crippen MR) is 81.9 cm³/mol. The SMILES string of the molecule is CCNC(=O)c1cc(NCc2ccc(CO)cc2)ccn1. The zero-order valence-corrected chi connectivity index (χ0v) is 12.0. The van der Waals surface area contributed by atoms with E-state index in [1.54, 1.807) is 12.3 Å². The average Bonchev–Trinajstić information content (AvgIpc) is 2.54. The van der Waals surface area contributed by atoms with Gasteiger partial charge in [-0.3, -0.25) is 9.78 Å². The van der Waals surface area contributed by atoms with Gasteiger partial charge in [-0.15, -0.1) is 0 Å². The van der Waals surface area contributed by atoms with Gasteiger partial charge in [0, 0.05) is 25.0 Å². The summed E-state index contributed by atoms with van der Waals surface area (Å²) in [6, 6.07) is 11.3. The van der Waals surface area contributed by atoms with E-state index < -0.39 is 0 Å². The van der Waals surface area contributed by atoms with Gasteiger partial charge < -0.3 is 15.7 Å². The summed E-state index contributed by atoms with van der Waals surface area (Å²) in [6.45, 7) is 3.14. The molecule has 0 saturated carbocycles. The van der Waals surface area contributed by atoms with Gasteiger partial charge in [0.15, 0.2) is 0 Å². The van der Waals surface area contributed by atoms with Crippen LogP contribution in [0.4, 0.5) is 5.69 Å². The van der Waals surface area contributed by atoms with Crippen LogP contribution in [0.1, 0.15) is 28.5 Å². The zero-order chi connectivity index (χ0) is 15.1. The molecule has 21 heavy (non-hydrogen) atoms. The van der Waals surface area contributed by atoms with Crippen molar-refractivity contribution in [3.05, 3.63) is 59.4 Å². The number of aliphatic hydroxyl groups excluding tert-OH is 1. The molecule has 0 spiro atoms. The van der Waals surface area contributed by atoms with Gasteiger partial charge in [0.25, 0.3) is 5.91 Å². The summed E-state index contributed by atoms with van der Waals surface area (Å²) in [5, 5.41) is 15.0. The van der Waals surface area contributed by atoms with E-state index >= 15 is 0 Å². The van der Waals surface area contributed by atoms with E-state index in [1.807, 2.05) is 37.3 Å². The quantitative estimate of drug-likeness (QED) is 0.758. The fraction of sp³-hybridized carbons (Fsp3) is 0.250. The minimum Gasteiger partial charge on any atom is -0.392 e. The molecule has 0 saturated heterocycles. The van der Waals surface area contributed by atoms with E-state index in [9.17, 15) is 4.79 Å². The first-order valence-corrected chi connectivity index (χ1v) is 6.89. The summed E-state index contributed by atoms with van der Waals surface area (Å²) >= 11 is 0. The molecule has 1 aromatic heterocycles. The van der Waals surface area contributed by atoms with Gasteiger partial charge in [0.1, 0.15) is 5.69 Å². The van der Waals surface area contributed by atoms with Crippen molar-refractivity contribution in [1.82, 2.24) is 10.3 Å². The molecular formula is C16H19N3O2. The molecule has 0 radical (unpaired) electrons. The molecule has 0 atom stereocenters. The van der Waals surface area contributed by atoms with Crippen molar-refractivity contribution >= 4 is 11.6 Å². The average molecular weight is 285 g/mol. The Morgan fingerprint density at radius 1 is 1.19 bits per heavy atom. The molecule has 1 aromatic carbocycles. The van der Waals surface area contributed by atoms with Crippen LogP contribution >= 0.6 is 0 Å². The topological polar surface area (TPSA) is 74.2 Å². The summed E-state index contributed by atoms with van der Waals surface area (Å²) < 4.78 is 0. The number of benzene rings is 1. The van der Waals surface area contributed by atoms with Crippen LogP contribution in [0.25, 0.3) is 0 Å². The van der Waals surface area contributed by atoms with Gasteiger partial charge in [-0.1, -0.05) is 24.3 Å². The molecule has 0 aliphatic heterocycles. The van der Waals surface area contributed by atoms with Gasteiger partial charge in [-0.05, 0) is 30.2 Å². The number of nitrogens with one attached hydrogen (secondary N) is 2. The van der Waals surface area contributed by atoms with E-state index in [0.29, 0.717) is 18.8 Å². The number of carbonyl (C=O) groups is 1. The number of pyridine rings is 1. The van der Waals surface area contributed by atoms with Gasteiger partial charge in [0.05, 0.1) is 6.61 Å². The van der Waals surface area contributed by atoms with Crippen LogP contribution in [-0.4, -0.2) is 22.5 Å². The van der Waals surface area contributed by atoms with Crippen LogP contribution in [0.3, 0.4) is 0 Å². The lowest BCUT2D eigenvalue weighted by Gasteiger charge is -2.08. The smallest absolute Gasteiger partial charge is 0.269 e. The highest BCUT2D eigenvalue weighted by Gasteiger charge is 2.06. The number of nitrogens with zero attached hydrogens (tertiary/aromatic N) is 1. The van der Waals surface area contributed by atoms with E-state index in [4.69, 9.17) is 5.11 Å². The molecule has 0 unspecified atom stereocenters. The lowest BCUT2D eigenvalue weighted by atomic mass is 10.1. The van der Waals surface area contributed by atoms with Crippen molar-refractivity contribution in [3.63, 3.8) is 0 Å². The Morgan fingerprint density at radius 2 is 1.90 bits per heavy atom. The Hall–Kier alpha value is -2.40. The number of rotatable bonds is 6. The summed E-state index contributed by atoms with van der Waals surface area (Å²) in [5.41, 5.74) is 3.24. The van der Waals surface area contributed by atoms with Crippen molar-refractivity contribution in [1.29, 1.82) is 0 Å². The molecule has 3 N–H and O–H groups in total. The molecule has 1 amide bonds. The maximum atomic E-state index is 11.7. The molecule has 0 aliphatic rings. The molecule has 5 heteroatoms. The summed E-state index contributed by atoms with van der Waals surface area (Å²) in [5.74, 6) is -0.173. The molecular weight excluding hydrogens is 266 g/mol. The fourth-order valence-electron chi connectivity index (χ4n) is 1.88. The normalized spacial score (nSPS) is 10.2. The van der Waals surface area contributed by atoms with Gasteiger partial charge in [-0.2, -0.15) is 0 Å². The Labute approximate surface area is 124 Å². The zero-order valence-electron chi connectivity index (χ0n) is 12.0. The minimum atomic E-state index is -0.173. The molecule has 5 nitrogen and oxygen atoms in total. The monoisotopic (exact) mass is 285 g/mol. The Morgan fingerprint density at radius 3 is 2.57 bits per heavy atom. The van der Waals surface area contributed by atoms with E-state index in [0.717, 1.165) is 16.8 Å². The summed E-state index contributed by atoms with van der Waals surface area (Å²) in [7, 11) is 0. The first-order chi connectivity index (χ1) is 10.2. The summed E-state index contributed by atoms with van der Waals surface area (Å²) in [6.07, 6.45) is 1.61. The highest BCUT2D eigenvalue weighted by atomic mass is 16.3. The van der Waals surface area contributed by atoms with Crippen LogP contribution in [0.15, 0.2) is 42.6 Å². The molecule has 0 bridgehead atoms. The Kier molecular flexibility index (Phi) is 5.29. The Balaban J connectivity index is 1.99. The number of hydrogen-bond donors (Lipinski definition) is 3. The van der Waals surface area contributed by atoms with Crippen LogP contribution in [0.5, 0.6) is 0 Å². The lowest BCUT2D eigenvalue weighted by molar-refractivity contribution is 0.0951. The first-order valence-electron chi connectivity index (χ1n) is 6.89. The highest BCUT2D eigenvalue weighted by Crippen LogP contribution is 2.11. The maximum Gasteiger partial charge on any atom is 0.269 e. The molecule has 2 aromatic rings. The second-order valence-electron chi connectivity index (χ2n) is 4.62. The number of anilines is 1. The van der Waals surface area contributed by atoms with Crippen LogP contribution in [0, 0.1) is 0 Å². The third kappa shape index (κ3) is 4.29. The van der Waals surface area contributed by atoms with Crippen molar-refractivity contribution in [2.24, 2.45) is 0 Å². The standard InChI is InChI=1S/C16H19N3O2/c1-2-17-16(21)15-9-14(7-8-18-15)19-10-12-3-5-13(11-20)6-4-12/h3-9,20H,2,10-11H2,1H3,(H,17,21)(H,18,19). The molecule has 110 valence electrons. The van der Waals surface area contributed by atoms with Gasteiger partial charge >= 0.3 is 0 Å². The third-order valence-corrected chi connectivity index (χ3v) is 3.03. The highest BCUT2D eigenvalue weighted by molar-refractivity contribution is 5.93. The largest absolute Gasteiger partial charge is 0.392 e. The number of aliphatic hydroxyl groups is 1. The van der Waals surface area contributed by atoms with E-state index in [-0.39, 0.29) is 12.5 Å². The molecule has 0 fully saturated rings. The van der Waals surface area contributed by atoms with E-state index in [1.165, 1.54) is 0 Å². The number of amides is 1. The minimum absolute atomic E-state index is 0.0496. The number of hydrogen-bond acceptors (Lipinski definition) is 4. The Bertz CT molecular complexity index is 597. The van der Waals surface area contributed by atoms with Crippen LogP contribution in [0.2, 0.25) is 0 Å². The lowest BCUT2D eigenvalue weighted by Crippen LogP contribution is -2.23. The van der Waals surface area contributed by atoms with Gasteiger partial charge in [-0.25, -0.2) is 0 Å². The molecule has 0 aliphatic carbocycles. The van der Waals surface area contributed by atoms with E-state index in [2.05, 4.69) is 15.6 Å². The molecule has 2 rings (SSSR count). The van der Waals surface area contributed by atoms with Crippen molar-refractivity contribution < 1.29 is 9.90 Å². The number of aromatic nitrogens is 1. The van der Waals surface area contributed by atoms with Crippen LogP contribution in [-0.2, 0) is 13.2 Å². The second-order valence-corrected chi connectivity index (χ2v) is 4.62. The summed E-state index contributed by atoms with van der Waals surface area (Å²) in [4.78, 5) is 15.8. The van der Waals surface area contributed by atoms with Gasteiger partial charge in [0.2, 0.25) is 0 Å². The van der Waals surface area contributed by atoms with Crippen molar-refractivity contribution in [3.8, 4) is 0 Å². The van der Waals surface area contributed by atoms with Crippen molar-refractivity contribution in [2.75, 3.05) is 11.9 Å². The maximum absolute atomic E-state index is 11.7. The van der Waals surface area contributed by atoms with Crippen LogP contribution < -0.4 is 10.6 Å². The second kappa shape index (κ2) is 7.40. The van der Waals surface area contributed by atoms with Crippen molar-refractivity contribution in [2.45, 2.75) is 20.1 Å². The predicted octanol–water partition coefficient (Wildman–Crippen LogP) is 1.94.